The van der Waals surface area contributed by atoms with E-state index in [2.05, 4.69) is 0 Å². The van der Waals surface area contributed by atoms with Crippen LogP contribution in [0.2, 0.25) is 0 Å². The van der Waals surface area contributed by atoms with Gasteiger partial charge < -0.3 is 15.2 Å². The fraction of sp³-hybridized carbons (Fsp3) is 0.143. The van der Waals surface area contributed by atoms with Gasteiger partial charge >= 0.3 is 0 Å². The molecule has 3 nitrogen and oxygen atoms in total. The van der Waals surface area contributed by atoms with Crippen molar-refractivity contribution in [3.05, 3.63) is 101 Å². The fourth-order valence-corrected chi connectivity index (χ4v) is 2.37. The standard InChI is InChI=1S/C21H20NO2.Y/c22-14-19-11-12-20(23-15-17-7-3-1-4-8-17)21(13-19)24-16-18-9-5-2-6-10-18;/h1-13,22H,14-16H2;/q-1;. The maximum atomic E-state index is 7.55. The molecule has 0 bridgehead atoms. The van der Waals surface area contributed by atoms with E-state index < -0.39 is 0 Å². The molecule has 0 spiro atoms. The molecule has 0 heterocycles. The van der Waals surface area contributed by atoms with Crippen LogP contribution >= 0.6 is 0 Å². The number of nitrogens with one attached hydrogen (secondary N) is 1. The summed E-state index contributed by atoms with van der Waals surface area (Å²) >= 11 is 0. The Kier molecular flexibility index (Phi) is 8.13. The molecule has 125 valence electrons. The van der Waals surface area contributed by atoms with E-state index in [0.717, 1.165) is 16.7 Å². The van der Waals surface area contributed by atoms with Gasteiger partial charge in [0, 0.05) is 32.7 Å². The predicted octanol–water partition coefficient (Wildman–Crippen LogP) is 5.39. The Balaban J connectivity index is 0.00000225. The first-order valence-electron chi connectivity index (χ1n) is 7.96. The topological polar surface area (TPSA) is 42.3 Å². The second-order valence-electron chi connectivity index (χ2n) is 5.51. The Bertz CT molecular complexity index is 763. The number of rotatable bonds is 7. The van der Waals surface area contributed by atoms with Gasteiger partial charge in [-0.1, -0.05) is 72.3 Å². The molecule has 0 aliphatic carbocycles. The molecular weight excluding hydrogens is 387 g/mol. The molecule has 0 amide bonds. The Morgan fingerprint density at radius 3 is 1.64 bits per heavy atom. The Morgan fingerprint density at radius 2 is 1.12 bits per heavy atom. The van der Waals surface area contributed by atoms with Gasteiger partial charge in [0.25, 0.3) is 0 Å². The monoisotopic (exact) mass is 407 g/mol. The van der Waals surface area contributed by atoms with E-state index in [-0.39, 0.29) is 39.3 Å². The van der Waals surface area contributed by atoms with Crippen molar-refractivity contribution in [1.82, 2.24) is 0 Å². The number of ether oxygens (including phenoxy) is 2. The van der Waals surface area contributed by atoms with Crippen LogP contribution in [-0.4, -0.2) is 0 Å². The molecule has 4 heteroatoms. The van der Waals surface area contributed by atoms with E-state index in [4.69, 9.17) is 15.2 Å². The van der Waals surface area contributed by atoms with Crippen molar-refractivity contribution in [2.24, 2.45) is 0 Å². The van der Waals surface area contributed by atoms with Crippen LogP contribution in [0, 0.1) is 0 Å². The Labute approximate surface area is 174 Å². The van der Waals surface area contributed by atoms with Crippen LogP contribution in [0.4, 0.5) is 0 Å². The van der Waals surface area contributed by atoms with Crippen LogP contribution in [0.15, 0.2) is 78.9 Å². The number of benzene rings is 3. The number of hydrogen-bond acceptors (Lipinski definition) is 2. The molecule has 0 aliphatic heterocycles. The van der Waals surface area contributed by atoms with Crippen LogP contribution in [-0.2, 0) is 52.5 Å². The minimum Gasteiger partial charge on any atom is -0.674 e. The second-order valence-corrected chi connectivity index (χ2v) is 5.51. The smallest absolute Gasteiger partial charge is 0.161 e. The molecule has 0 unspecified atom stereocenters. The van der Waals surface area contributed by atoms with Gasteiger partial charge in [-0.05, 0) is 23.3 Å². The molecule has 0 saturated carbocycles. The fourth-order valence-electron chi connectivity index (χ4n) is 2.37. The quantitative estimate of drug-likeness (QED) is 0.527. The zero-order valence-electron chi connectivity index (χ0n) is 14.0. The van der Waals surface area contributed by atoms with Crippen LogP contribution in [0.25, 0.3) is 5.73 Å². The molecule has 1 N–H and O–H groups in total. The molecule has 25 heavy (non-hydrogen) atoms. The normalized spacial score (nSPS) is 9.96. The van der Waals surface area contributed by atoms with Gasteiger partial charge in [0.05, 0.1) is 0 Å². The van der Waals surface area contributed by atoms with Crippen molar-refractivity contribution >= 4 is 0 Å². The largest absolute Gasteiger partial charge is 0.674 e. The third-order valence-corrected chi connectivity index (χ3v) is 3.69. The zero-order valence-corrected chi connectivity index (χ0v) is 16.9. The minimum absolute atomic E-state index is 0. The summed E-state index contributed by atoms with van der Waals surface area (Å²) in [7, 11) is 0. The van der Waals surface area contributed by atoms with Gasteiger partial charge in [-0.3, -0.25) is 0 Å². The van der Waals surface area contributed by atoms with Gasteiger partial charge in [0.15, 0.2) is 11.5 Å². The molecule has 0 aliphatic rings. The van der Waals surface area contributed by atoms with Crippen molar-refractivity contribution in [3.63, 3.8) is 0 Å². The Hall–Kier alpha value is -1.68. The molecule has 0 saturated heterocycles. The molecule has 0 atom stereocenters. The molecular formula is C21H20NO2Y-. The summed E-state index contributed by atoms with van der Waals surface area (Å²) in [5, 5.41) is 0. The van der Waals surface area contributed by atoms with Crippen LogP contribution < -0.4 is 9.47 Å². The first-order chi connectivity index (χ1) is 11.8. The SMILES string of the molecule is [NH-]Cc1ccc(OCc2ccccc2)c(OCc2ccccc2)c1.[Y]. The van der Waals surface area contributed by atoms with Crippen molar-refractivity contribution in [2.45, 2.75) is 19.8 Å². The summed E-state index contributed by atoms with van der Waals surface area (Å²) in [4.78, 5) is 0. The third-order valence-electron chi connectivity index (χ3n) is 3.69. The van der Waals surface area contributed by atoms with E-state index in [0.29, 0.717) is 24.7 Å². The van der Waals surface area contributed by atoms with Gasteiger partial charge in [-0.2, -0.15) is 0 Å². The molecule has 0 fully saturated rings. The summed E-state index contributed by atoms with van der Waals surface area (Å²) in [5.41, 5.74) is 10.7. The first-order valence-corrected chi connectivity index (χ1v) is 7.96. The van der Waals surface area contributed by atoms with Crippen molar-refractivity contribution in [1.29, 1.82) is 0 Å². The van der Waals surface area contributed by atoms with Crippen LogP contribution in [0.1, 0.15) is 16.7 Å². The van der Waals surface area contributed by atoms with Gasteiger partial charge in [0.2, 0.25) is 0 Å². The molecule has 3 aromatic rings. The average Bonchev–Trinajstić information content (AvgIpc) is 2.66. The van der Waals surface area contributed by atoms with Crippen molar-refractivity contribution in [2.75, 3.05) is 0 Å². The second kappa shape index (κ2) is 10.3. The van der Waals surface area contributed by atoms with E-state index in [1.165, 1.54) is 0 Å². The molecule has 0 aromatic heterocycles. The molecule has 3 rings (SSSR count). The zero-order chi connectivity index (χ0) is 16.6. The summed E-state index contributed by atoms with van der Waals surface area (Å²) in [6.07, 6.45) is 0. The maximum Gasteiger partial charge on any atom is 0.161 e. The van der Waals surface area contributed by atoms with Crippen molar-refractivity contribution in [3.8, 4) is 11.5 Å². The van der Waals surface area contributed by atoms with Gasteiger partial charge in [-0.25, -0.2) is 0 Å². The summed E-state index contributed by atoms with van der Waals surface area (Å²) in [5.74, 6) is 1.38. The molecule has 3 aromatic carbocycles. The Morgan fingerprint density at radius 1 is 0.600 bits per heavy atom. The van der Waals surface area contributed by atoms with E-state index >= 15 is 0 Å². The number of hydrogen-bond donors (Lipinski definition) is 0. The van der Waals surface area contributed by atoms with Crippen LogP contribution in [0.5, 0.6) is 11.5 Å². The average molecular weight is 407 g/mol. The summed E-state index contributed by atoms with van der Waals surface area (Å²) in [6.45, 7) is 1.19. The summed E-state index contributed by atoms with van der Waals surface area (Å²) < 4.78 is 11.9. The maximum absolute atomic E-state index is 7.55. The van der Waals surface area contributed by atoms with Gasteiger partial charge in [0.1, 0.15) is 13.2 Å². The summed E-state index contributed by atoms with van der Waals surface area (Å²) in [6, 6.07) is 25.7. The van der Waals surface area contributed by atoms with E-state index in [1.54, 1.807) is 0 Å². The minimum atomic E-state index is 0. The molecule has 1 radical (unpaired) electrons. The van der Waals surface area contributed by atoms with E-state index in [9.17, 15) is 0 Å². The van der Waals surface area contributed by atoms with Crippen molar-refractivity contribution < 1.29 is 42.2 Å². The third kappa shape index (κ3) is 5.96. The first kappa shape index (κ1) is 19.6. The van der Waals surface area contributed by atoms with Crippen LogP contribution in [0.3, 0.4) is 0 Å². The predicted molar refractivity (Wildman–Crippen MR) is 96.0 cm³/mol. The van der Waals surface area contributed by atoms with E-state index in [1.807, 2.05) is 78.9 Å². The van der Waals surface area contributed by atoms with Gasteiger partial charge in [-0.15, -0.1) is 6.54 Å².